The van der Waals surface area contributed by atoms with Crippen molar-refractivity contribution in [3.05, 3.63) is 11.1 Å². The molecule has 23 heavy (non-hydrogen) atoms. The fraction of sp³-hybridized carbons (Fsp3) is 0.810. The van der Waals surface area contributed by atoms with E-state index in [1.165, 1.54) is 25.7 Å². The highest BCUT2D eigenvalue weighted by atomic mass is 16.7. The van der Waals surface area contributed by atoms with Gasteiger partial charge in [-0.05, 0) is 77.6 Å². The number of hydrogen-bond donors (Lipinski definition) is 0. The van der Waals surface area contributed by atoms with Crippen LogP contribution >= 0.6 is 0 Å². The quantitative estimate of drug-likeness (QED) is 0.484. The Hall–Kier alpha value is -0.780. The van der Waals surface area contributed by atoms with Gasteiger partial charge in [-0.1, -0.05) is 30.9 Å². The van der Waals surface area contributed by atoms with E-state index in [2.05, 4.69) is 39.5 Å². The van der Waals surface area contributed by atoms with Gasteiger partial charge in [-0.2, -0.15) is 0 Å². The van der Waals surface area contributed by atoms with Crippen LogP contribution in [0.2, 0.25) is 0 Å². The first-order valence-electron chi connectivity index (χ1n) is 9.29. The summed E-state index contributed by atoms with van der Waals surface area (Å²) < 4.78 is 12.1. The van der Waals surface area contributed by atoms with E-state index in [1.54, 1.807) is 11.1 Å². The number of hydrogen-bond acceptors (Lipinski definition) is 2. The number of ether oxygens (including phenoxy) is 2. The third-order valence-electron chi connectivity index (χ3n) is 5.46. The molecule has 2 nitrogen and oxygen atoms in total. The first-order chi connectivity index (χ1) is 10.9. The van der Waals surface area contributed by atoms with Crippen molar-refractivity contribution in [1.82, 2.24) is 0 Å². The predicted molar refractivity (Wildman–Crippen MR) is 96.1 cm³/mol. The van der Waals surface area contributed by atoms with Crippen molar-refractivity contribution in [1.29, 1.82) is 0 Å². The molecule has 0 amide bonds. The van der Waals surface area contributed by atoms with Crippen LogP contribution in [0.3, 0.4) is 0 Å². The van der Waals surface area contributed by atoms with Crippen LogP contribution < -0.4 is 0 Å². The van der Waals surface area contributed by atoms with Crippen molar-refractivity contribution in [3.8, 4) is 11.8 Å². The molecule has 0 spiro atoms. The second-order valence-electron chi connectivity index (χ2n) is 8.02. The van der Waals surface area contributed by atoms with Crippen molar-refractivity contribution in [2.75, 3.05) is 6.61 Å². The van der Waals surface area contributed by atoms with Gasteiger partial charge < -0.3 is 9.47 Å². The summed E-state index contributed by atoms with van der Waals surface area (Å²) in [5.41, 5.74) is 3.13. The first-order valence-corrected chi connectivity index (χ1v) is 9.29. The molecular weight excluding hydrogens is 284 g/mol. The lowest BCUT2D eigenvalue weighted by atomic mass is 9.70. The molecule has 2 unspecified atom stereocenters. The summed E-state index contributed by atoms with van der Waals surface area (Å²) in [5.74, 6) is 6.38. The van der Waals surface area contributed by atoms with Gasteiger partial charge in [0, 0.05) is 6.61 Å². The highest BCUT2D eigenvalue weighted by molar-refractivity contribution is 5.24. The van der Waals surface area contributed by atoms with Gasteiger partial charge in [0.2, 0.25) is 0 Å². The lowest BCUT2D eigenvalue weighted by Crippen LogP contribution is -2.36. The largest absolute Gasteiger partial charge is 0.353 e. The molecular formula is C21H34O2. The molecule has 2 rings (SSSR count). The Kier molecular flexibility index (Phi) is 6.34. The van der Waals surface area contributed by atoms with Crippen LogP contribution in [0, 0.1) is 17.3 Å². The van der Waals surface area contributed by atoms with Crippen molar-refractivity contribution in [3.63, 3.8) is 0 Å². The van der Waals surface area contributed by atoms with E-state index in [1.807, 2.05) is 6.92 Å². The summed E-state index contributed by atoms with van der Waals surface area (Å²) in [7, 11) is 0. The van der Waals surface area contributed by atoms with E-state index in [-0.39, 0.29) is 6.29 Å². The van der Waals surface area contributed by atoms with E-state index in [4.69, 9.17) is 9.47 Å². The molecule has 2 aliphatic rings. The van der Waals surface area contributed by atoms with Crippen LogP contribution in [-0.2, 0) is 9.47 Å². The number of rotatable bonds is 5. The van der Waals surface area contributed by atoms with Gasteiger partial charge in [-0.15, -0.1) is 5.92 Å². The molecule has 2 atom stereocenters. The average molecular weight is 319 g/mol. The molecule has 0 aromatic rings. The Morgan fingerprint density at radius 2 is 2.09 bits per heavy atom. The van der Waals surface area contributed by atoms with Crippen molar-refractivity contribution < 1.29 is 9.47 Å². The molecule has 0 aromatic carbocycles. The summed E-state index contributed by atoms with van der Waals surface area (Å²) in [6.07, 6.45) is 9.15. The molecule has 0 radical (unpaired) electrons. The minimum Gasteiger partial charge on any atom is -0.353 e. The normalized spacial score (nSPS) is 27.1. The van der Waals surface area contributed by atoms with Crippen LogP contribution in [0.4, 0.5) is 0 Å². The molecule has 0 saturated carbocycles. The van der Waals surface area contributed by atoms with Gasteiger partial charge in [0.15, 0.2) is 6.29 Å². The van der Waals surface area contributed by atoms with Crippen molar-refractivity contribution in [2.24, 2.45) is 5.41 Å². The molecule has 1 aliphatic carbocycles. The monoisotopic (exact) mass is 318 g/mol. The topological polar surface area (TPSA) is 18.5 Å². The molecule has 0 bridgehead atoms. The van der Waals surface area contributed by atoms with Gasteiger partial charge in [0.05, 0.1) is 0 Å². The van der Waals surface area contributed by atoms with Gasteiger partial charge in [-0.25, -0.2) is 0 Å². The molecule has 0 N–H and O–H groups in total. The minimum atomic E-state index is -0.405. The maximum Gasteiger partial charge on any atom is 0.159 e. The van der Waals surface area contributed by atoms with Crippen LogP contribution in [0.15, 0.2) is 11.1 Å². The molecule has 1 fully saturated rings. The smallest absolute Gasteiger partial charge is 0.159 e. The summed E-state index contributed by atoms with van der Waals surface area (Å²) in [5, 5.41) is 0. The van der Waals surface area contributed by atoms with Gasteiger partial charge in [0.1, 0.15) is 5.60 Å². The second kappa shape index (κ2) is 7.86. The van der Waals surface area contributed by atoms with E-state index in [0.29, 0.717) is 5.41 Å². The molecule has 0 aromatic heterocycles. The summed E-state index contributed by atoms with van der Waals surface area (Å²) in [4.78, 5) is 0. The van der Waals surface area contributed by atoms with E-state index < -0.39 is 5.60 Å². The zero-order chi connectivity index (χ0) is 16.9. The van der Waals surface area contributed by atoms with E-state index in [0.717, 1.165) is 32.3 Å². The average Bonchev–Trinajstić information content (AvgIpc) is 2.47. The SMILES string of the molecule is CC#CC(C)(CCC1=C(C)CCCC1(C)C)OC1CCCCO1. The molecule has 2 heteroatoms. The van der Waals surface area contributed by atoms with Crippen LogP contribution in [0.5, 0.6) is 0 Å². The fourth-order valence-corrected chi connectivity index (χ4v) is 4.10. The molecule has 130 valence electrons. The maximum absolute atomic E-state index is 6.30. The van der Waals surface area contributed by atoms with Crippen LogP contribution in [-0.4, -0.2) is 18.5 Å². The molecule has 1 saturated heterocycles. The van der Waals surface area contributed by atoms with Crippen LogP contribution in [0.25, 0.3) is 0 Å². The third kappa shape index (κ3) is 5.10. The summed E-state index contributed by atoms with van der Waals surface area (Å²) in [6, 6.07) is 0. The van der Waals surface area contributed by atoms with Crippen molar-refractivity contribution >= 4 is 0 Å². The fourth-order valence-electron chi connectivity index (χ4n) is 4.10. The minimum absolute atomic E-state index is 0.0796. The van der Waals surface area contributed by atoms with Crippen LogP contribution in [0.1, 0.15) is 86.0 Å². The Labute approximate surface area is 143 Å². The van der Waals surface area contributed by atoms with Crippen molar-refractivity contribution in [2.45, 2.75) is 97.9 Å². The summed E-state index contributed by atoms with van der Waals surface area (Å²) in [6.45, 7) is 11.9. The lowest BCUT2D eigenvalue weighted by Gasteiger charge is -2.37. The highest BCUT2D eigenvalue weighted by Gasteiger charge is 2.33. The Bertz CT molecular complexity index is 486. The lowest BCUT2D eigenvalue weighted by molar-refractivity contribution is -0.205. The van der Waals surface area contributed by atoms with Gasteiger partial charge in [0.25, 0.3) is 0 Å². The standard InChI is InChI=1S/C21H34O2/c1-6-13-21(5,23-19-11-7-8-16-22-19)15-12-18-17(2)10-9-14-20(18,3)4/h19H,7-12,14-16H2,1-5H3. The first kappa shape index (κ1) is 18.6. The zero-order valence-electron chi connectivity index (χ0n) is 15.8. The predicted octanol–water partition coefficient (Wildman–Crippen LogP) is 5.62. The second-order valence-corrected chi connectivity index (χ2v) is 8.02. The Balaban J connectivity index is 2.04. The molecule has 1 aliphatic heterocycles. The summed E-state index contributed by atoms with van der Waals surface area (Å²) >= 11 is 0. The number of allylic oxidation sites excluding steroid dienone is 2. The van der Waals surface area contributed by atoms with Gasteiger partial charge in [-0.3, -0.25) is 0 Å². The third-order valence-corrected chi connectivity index (χ3v) is 5.46. The molecule has 1 heterocycles. The van der Waals surface area contributed by atoms with E-state index >= 15 is 0 Å². The van der Waals surface area contributed by atoms with E-state index in [9.17, 15) is 0 Å². The maximum atomic E-state index is 6.30. The Morgan fingerprint density at radius 1 is 1.30 bits per heavy atom. The highest BCUT2D eigenvalue weighted by Crippen LogP contribution is 2.43. The zero-order valence-corrected chi connectivity index (χ0v) is 15.8. The Morgan fingerprint density at radius 3 is 2.70 bits per heavy atom. The van der Waals surface area contributed by atoms with Gasteiger partial charge >= 0.3 is 0 Å².